The number of ether oxygens (including phenoxy) is 2. The zero-order chi connectivity index (χ0) is 14.4. The van der Waals surface area contributed by atoms with Gasteiger partial charge in [-0.05, 0) is 31.3 Å². The summed E-state index contributed by atoms with van der Waals surface area (Å²) in [7, 11) is 3.76. The van der Waals surface area contributed by atoms with E-state index in [1.54, 1.807) is 7.11 Å². The molecule has 1 heterocycles. The van der Waals surface area contributed by atoms with E-state index in [0.717, 1.165) is 37.7 Å². The molecule has 1 aromatic rings. The predicted octanol–water partition coefficient (Wildman–Crippen LogP) is -5.31. The van der Waals surface area contributed by atoms with Gasteiger partial charge in [-0.1, -0.05) is 0 Å². The summed E-state index contributed by atoms with van der Waals surface area (Å²) in [4.78, 5) is 4.58. The van der Waals surface area contributed by atoms with Gasteiger partial charge in [0.2, 0.25) is 0 Å². The van der Waals surface area contributed by atoms with Crippen molar-refractivity contribution in [3.63, 3.8) is 0 Å². The van der Waals surface area contributed by atoms with Crippen LogP contribution in [0.2, 0.25) is 0 Å². The number of β-amino-alcohol motifs (C(OH)–C–C–N with tert-alkyl or cyclic N) is 1. The molecular weight excluding hydrogens is 327 g/mol. The van der Waals surface area contributed by atoms with Crippen molar-refractivity contribution >= 4 is 0 Å². The molecule has 1 aromatic carbocycles. The Kier molecular flexibility index (Phi) is 10.6. The molecule has 1 unspecified atom stereocenters. The summed E-state index contributed by atoms with van der Waals surface area (Å²) < 4.78 is 10.7. The molecule has 128 valence electrons. The first-order valence-corrected chi connectivity index (χ1v) is 7.03. The lowest BCUT2D eigenvalue weighted by molar-refractivity contribution is -0.00100. The Labute approximate surface area is 145 Å². The summed E-state index contributed by atoms with van der Waals surface area (Å²) >= 11 is 0. The quantitative estimate of drug-likeness (QED) is 0.555. The Balaban J connectivity index is 0.00000220. The van der Waals surface area contributed by atoms with Gasteiger partial charge < -0.3 is 44.3 Å². The van der Waals surface area contributed by atoms with Gasteiger partial charge >= 0.3 is 0 Å². The summed E-state index contributed by atoms with van der Waals surface area (Å²) in [5, 5.41) is 10.0. The second-order valence-electron chi connectivity index (χ2n) is 5.24. The monoisotopic (exact) mass is 350 g/mol. The zero-order valence-corrected chi connectivity index (χ0v) is 14.6. The maximum Gasteiger partial charge on any atom is 0.119 e. The Morgan fingerprint density at radius 2 is 1.59 bits per heavy atom. The van der Waals surface area contributed by atoms with Crippen LogP contribution in [0.5, 0.6) is 11.5 Å². The smallest absolute Gasteiger partial charge is 0.119 e. The number of piperazine rings is 1. The molecule has 5 nitrogen and oxygen atoms in total. The van der Waals surface area contributed by atoms with Crippen LogP contribution >= 0.6 is 0 Å². The third-order valence-electron chi connectivity index (χ3n) is 3.57. The number of halogens is 2. The number of hydrogen-bond donors (Lipinski definition) is 1. The van der Waals surface area contributed by atoms with Gasteiger partial charge in [0.1, 0.15) is 24.2 Å². The fourth-order valence-electron chi connectivity index (χ4n) is 2.25. The third kappa shape index (κ3) is 7.03. The van der Waals surface area contributed by atoms with E-state index in [2.05, 4.69) is 16.8 Å². The molecule has 0 saturated carbocycles. The number of rotatable bonds is 6. The summed E-state index contributed by atoms with van der Waals surface area (Å²) in [6.07, 6.45) is -0.458. The lowest BCUT2D eigenvalue weighted by atomic mass is 10.2. The van der Waals surface area contributed by atoms with Gasteiger partial charge in [0.15, 0.2) is 0 Å². The van der Waals surface area contributed by atoms with Crippen LogP contribution in [0.3, 0.4) is 0 Å². The maximum absolute atomic E-state index is 10.0. The molecule has 1 N–H and O–H groups in total. The fraction of sp³-hybridized carbons (Fsp3) is 0.600. The van der Waals surface area contributed by atoms with E-state index < -0.39 is 6.10 Å². The minimum Gasteiger partial charge on any atom is -1.00 e. The molecule has 1 aliphatic rings. The molecule has 1 aliphatic heterocycles. The highest BCUT2D eigenvalue weighted by Gasteiger charge is 2.17. The molecule has 0 radical (unpaired) electrons. The average Bonchev–Trinajstić information content (AvgIpc) is 2.48. The van der Waals surface area contributed by atoms with Gasteiger partial charge in [0.05, 0.1) is 7.11 Å². The number of nitrogens with zero attached hydrogens (tertiary/aromatic N) is 2. The van der Waals surface area contributed by atoms with Crippen LogP contribution in [-0.2, 0) is 0 Å². The molecular formula is C15H24Cl2N2O3-2. The molecule has 0 aromatic heterocycles. The van der Waals surface area contributed by atoms with Gasteiger partial charge in [-0.2, -0.15) is 0 Å². The first kappa shape index (κ1) is 21.3. The van der Waals surface area contributed by atoms with Crippen molar-refractivity contribution in [2.24, 2.45) is 0 Å². The second-order valence-corrected chi connectivity index (χ2v) is 5.24. The number of aliphatic hydroxyl groups excluding tert-OH is 1. The number of methoxy groups -OCH3 is 1. The largest absolute Gasteiger partial charge is 1.00 e. The lowest BCUT2D eigenvalue weighted by Gasteiger charge is -2.33. The number of hydrogen-bond acceptors (Lipinski definition) is 5. The molecule has 0 aliphatic carbocycles. The van der Waals surface area contributed by atoms with Crippen molar-refractivity contribution in [3.05, 3.63) is 24.3 Å². The highest BCUT2D eigenvalue weighted by molar-refractivity contribution is 5.31. The molecule has 0 bridgehead atoms. The third-order valence-corrected chi connectivity index (χ3v) is 3.57. The van der Waals surface area contributed by atoms with E-state index in [1.807, 2.05) is 24.3 Å². The molecule has 0 amide bonds. The van der Waals surface area contributed by atoms with E-state index >= 15 is 0 Å². The van der Waals surface area contributed by atoms with Crippen LogP contribution in [-0.4, -0.2) is 74.5 Å². The fourth-order valence-corrected chi connectivity index (χ4v) is 2.25. The van der Waals surface area contributed by atoms with Crippen molar-refractivity contribution in [3.8, 4) is 11.5 Å². The first-order valence-electron chi connectivity index (χ1n) is 7.03. The molecule has 1 fully saturated rings. The highest BCUT2D eigenvalue weighted by Crippen LogP contribution is 2.17. The van der Waals surface area contributed by atoms with Crippen LogP contribution < -0.4 is 34.3 Å². The molecule has 1 saturated heterocycles. The van der Waals surface area contributed by atoms with Crippen LogP contribution in [0.15, 0.2) is 24.3 Å². The van der Waals surface area contributed by atoms with Crippen LogP contribution in [0, 0.1) is 0 Å². The Morgan fingerprint density at radius 3 is 2.14 bits per heavy atom. The van der Waals surface area contributed by atoms with Crippen molar-refractivity contribution in [1.82, 2.24) is 9.80 Å². The molecule has 22 heavy (non-hydrogen) atoms. The summed E-state index contributed by atoms with van der Waals surface area (Å²) in [5.74, 6) is 1.55. The normalized spacial score (nSPS) is 17.0. The number of benzene rings is 1. The summed E-state index contributed by atoms with van der Waals surface area (Å²) in [6, 6.07) is 7.40. The summed E-state index contributed by atoms with van der Waals surface area (Å²) in [6.45, 7) is 5.13. The van der Waals surface area contributed by atoms with Crippen LogP contribution in [0.25, 0.3) is 0 Å². The van der Waals surface area contributed by atoms with Crippen molar-refractivity contribution in [2.75, 3.05) is 53.5 Å². The minimum atomic E-state index is -0.458. The van der Waals surface area contributed by atoms with E-state index in [1.165, 1.54) is 0 Å². The SMILES string of the molecule is COc1ccc(OCC(O)CN2CCN(C)CC2)cc1.[Cl-].[Cl-]. The first-order chi connectivity index (χ1) is 9.67. The lowest BCUT2D eigenvalue weighted by Crippen LogP contribution is -3.00. The molecule has 1 atom stereocenters. The van der Waals surface area contributed by atoms with E-state index in [9.17, 15) is 5.11 Å². The van der Waals surface area contributed by atoms with Gasteiger partial charge in [-0.15, -0.1) is 0 Å². The van der Waals surface area contributed by atoms with E-state index in [4.69, 9.17) is 9.47 Å². The van der Waals surface area contributed by atoms with E-state index in [-0.39, 0.29) is 24.8 Å². The average molecular weight is 351 g/mol. The van der Waals surface area contributed by atoms with Crippen LogP contribution in [0.4, 0.5) is 0 Å². The second kappa shape index (κ2) is 10.9. The number of likely N-dealkylation sites (N-methyl/N-ethyl adjacent to an activating group) is 1. The molecule has 0 spiro atoms. The summed E-state index contributed by atoms with van der Waals surface area (Å²) in [5.41, 5.74) is 0. The van der Waals surface area contributed by atoms with Crippen molar-refractivity contribution < 1.29 is 39.4 Å². The highest BCUT2D eigenvalue weighted by atomic mass is 35.5. The van der Waals surface area contributed by atoms with Gasteiger partial charge in [0, 0.05) is 32.7 Å². The van der Waals surface area contributed by atoms with Crippen LogP contribution in [0.1, 0.15) is 0 Å². The minimum absolute atomic E-state index is 0. The molecule has 2 rings (SSSR count). The van der Waals surface area contributed by atoms with E-state index in [0.29, 0.717) is 13.2 Å². The van der Waals surface area contributed by atoms with Gasteiger partial charge in [-0.25, -0.2) is 0 Å². The zero-order valence-electron chi connectivity index (χ0n) is 13.0. The van der Waals surface area contributed by atoms with Gasteiger partial charge in [-0.3, -0.25) is 4.90 Å². The molecule has 7 heteroatoms. The number of aliphatic hydroxyl groups is 1. The Hall–Kier alpha value is -0.720. The maximum atomic E-state index is 10.0. The Bertz CT molecular complexity index is 398. The standard InChI is InChI=1S/C15H24N2O3.2ClH/c1-16-7-9-17(10-8-16)11-13(18)12-20-15-5-3-14(19-2)4-6-15;;/h3-6,13,18H,7-12H2,1-2H3;2*1H/p-2. The van der Waals surface area contributed by atoms with Crippen molar-refractivity contribution in [2.45, 2.75) is 6.10 Å². The predicted molar refractivity (Wildman–Crippen MR) is 78.4 cm³/mol. The van der Waals surface area contributed by atoms with Crippen molar-refractivity contribution in [1.29, 1.82) is 0 Å². The van der Waals surface area contributed by atoms with Gasteiger partial charge in [0.25, 0.3) is 0 Å². The Morgan fingerprint density at radius 1 is 1.05 bits per heavy atom. The topological polar surface area (TPSA) is 45.2 Å².